The van der Waals surface area contributed by atoms with Gasteiger partial charge in [0.05, 0.1) is 47.3 Å². The van der Waals surface area contributed by atoms with Gasteiger partial charge in [0.2, 0.25) is 0 Å². The number of aromatic amines is 1. The highest BCUT2D eigenvalue weighted by Crippen LogP contribution is 2.31. The molecule has 3 aromatic heterocycles. The van der Waals surface area contributed by atoms with E-state index in [1.807, 2.05) is 36.5 Å². The van der Waals surface area contributed by atoms with Crippen molar-refractivity contribution in [2.75, 3.05) is 30.9 Å². The van der Waals surface area contributed by atoms with Crippen molar-refractivity contribution < 1.29 is 13.2 Å². The summed E-state index contributed by atoms with van der Waals surface area (Å²) < 4.78 is 31.2. The summed E-state index contributed by atoms with van der Waals surface area (Å²) in [5, 5.41) is 4.60. The maximum absolute atomic E-state index is 11.9. The highest BCUT2D eigenvalue weighted by Gasteiger charge is 2.23. The third kappa shape index (κ3) is 3.60. The molecule has 160 valence electrons. The normalized spacial score (nSPS) is 17.4. The first-order chi connectivity index (χ1) is 14.9. The zero-order valence-corrected chi connectivity index (χ0v) is 18.1. The number of aromatic nitrogens is 4. The Morgan fingerprint density at radius 1 is 1.19 bits per heavy atom. The Labute approximate surface area is 180 Å². The van der Waals surface area contributed by atoms with Gasteiger partial charge in [-0.2, -0.15) is 5.10 Å². The monoisotopic (exact) mass is 437 g/mol. The fourth-order valence-corrected chi connectivity index (χ4v) is 4.56. The number of hydrogen-bond donors (Lipinski definition) is 1. The molecule has 31 heavy (non-hydrogen) atoms. The molecule has 1 aliphatic rings. The number of anilines is 1. The molecule has 0 radical (unpaired) electrons. The van der Waals surface area contributed by atoms with Gasteiger partial charge in [0, 0.05) is 30.6 Å². The molecule has 0 amide bonds. The zero-order chi connectivity index (χ0) is 21.6. The van der Waals surface area contributed by atoms with Crippen LogP contribution in [0, 0.1) is 0 Å². The lowest BCUT2D eigenvalue weighted by atomic mass is 10.1. The minimum Gasteiger partial charge on any atom is -0.377 e. The Bertz CT molecular complexity index is 1330. The van der Waals surface area contributed by atoms with E-state index in [4.69, 9.17) is 9.72 Å². The Balaban J connectivity index is 1.71. The van der Waals surface area contributed by atoms with Crippen molar-refractivity contribution in [3.8, 4) is 22.5 Å². The molecule has 1 aromatic carbocycles. The molecular weight excluding hydrogens is 414 g/mol. The third-order valence-electron chi connectivity index (χ3n) is 5.59. The lowest BCUT2D eigenvalue weighted by molar-refractivity contribution is 0.0985. The Kier molecular flexibility index (Phi) is 4.79. The number of H-pyrrole nitrogens is 1. The van der Waals surface area contributed by atoms with Gasteiger partial charge in [0.15, 0.2) is 15.5 Å². The average molecular weight is 438 g/mol. The van der Waals surface area contributed by atoms with Crippen LogP contribution < -0.4 is 4.90 Å². The Morgan fingerprint density at radius 2 is 2.00 bits per heavy atom. The van der Waals surface area contributed by atoms with Gasteiger partial charge in [-0.1, -0.05) is 12.1 Å². The summed E-state index contributed by atoms with van der Waals surface area (Å²) in [4.78, 5) is 10.7. The molecule has 4 heterocycles. The van der Waals surface area contributed by atoms with Crippen molar-refractivity contribution in [2.45, 2.75) is 17.9 Å². The molecule has 0 aliphatic carbocycles. The first-order valence-electron chi connectivity index (χ1n) is 10.1. The van der Waals surface area contributed by atoms with Crippen LogP contribution in [0.5, 0.6) is 0 Å². The lowest BCUT2D eigenvalue weighted by Crippen LogP contribution is -2.44. The maximum Gasteiger partial charge on any atom is 0.175 e. The van der Waals surface area contributed by atoms with Crippen molar-refractivity contribution in [1.82, 2.24) is 19.6 Å². The minimum absolute atomic E-state index is 0.195. The second kappa shape index (κ2) is 7.51. The molecule has 1 aliphatic heterocycles. The summed E-state index contributed by atoms with van der Waals surface area (Å²) in [5.41, 5.74) is 4.29. The number of sulfone groups is 1. The van der Waals surface area contributed by atoms with Gasteiger partial charge >= 0.3 is 0 Å². The van der Waals surface area contributed by atoms with E-state index in [-0.39, 0.29) is 10.9 Å². The van der Waals surface area contributed by atoms with Crippen LogP contribution in [0.15, 0.2) is 59.8 Å². The molecule has 1 saturated heterocycles. The second-order valence-corrected chi connectivity index (χ2v) is 9.81. The molecule has 0 bridgehead atoms. The number of ether oxygens (including phenoxy) is 1. The number of nitrogens with zero attached hydrogens (tertiary/aromatic N) is 4. The molecule has 5 rings (SSSR count). The molecule has 9 heteroatoms. The number of rotatable bonds is 4. The van der Waals surface area contributed by atoms with Crippen LogP contribution in [0.25, 0.3) is 28.2 Å². The number of nitrogens with one attached hydrogen (secondary N) is 1. The highest BCUT2D eigenvalue weighted by atomic mass is 32.2. The first-order valence-corrected chi connectivity index (χ1v) is 12.0. The molecule has 8 nitrogen and oxygen atoms in total. The molecule has 4 aromatic rings. The molecular formula is C22H23N5O3S. The van der Waals surface area contributed by atoms with Crippen molar-refractivity contribution in [1.29, 1.82) is 0 Å². The molecule has 0 unspecified atom stereocenters. The third-order valence-corrected chi connectivity index (χ3v) is 6.72. The molecule has 1 fully saturated rings. The first kappa shape index (κ1) is 19.8. The van der Waals surface area contributed by atoms with Gasteiger partial charge < -0.3 is 14.6 Å². The van der Waals surface area contributed by atoms with Gasteiger partial charge in [-0.15, -0.1) is 0 Å². The van der Waals surface area contributed by atoms with Crippen molar-refractivity contribution in [3.05, 3.63) is 54.9 Å². The van der Waals surface area contributed by atoms with E-state index < -0.39 is 9.84 Å². The quantitative estimate of drug-likeness (QED) is 0.528. The van der Waals surface area contributed by atoms with Gasteiger partial charge in [0.25, 0.3) is 0 Å². The maximum atomic E-state index is 11.9. The second-order valence-electron chi connectivity index (χ2n) is 7.79. The van der Waals surface area contributed by atoms with Crippen LogP contribution in [0.2, 0.25) is 0 Å². The van der Waals surface area contributed by atoms with E-state index in [2.05, 4.69) is 21.9 Å². The van der Waals surface area contributed by atoms with Crippen molar-refractivity contribution >= 4 is 21.3 Å². The SMILES string of the molecule is C[C@@H]1COCCN1c1cc(-c2ccc(S(C)(=O)=O)cc2)n2ncc(-c3ccc[nH]3)c2n1. The summed E-state index contributed by atoms with van der Waals surface area (Å²) in [5.74, 6) is 0.846. The van der Waals surface area contributed by atoms with E-state index in [1.54, 1.807) is 22.8 Å². The standard InChI is InChI=1S/C22H23N5O3S/c1-15-14-30-11-10-26(15)21-12-20(16-5-7-17(8-6-16)31(2,28)29)27-22(25-21)18(13-24-27)19-4-3-9-23-19/h3-9,12-13,15,23H,10-11,14H2,1-2H3/t15-/m1/s1. The van der Waals surface area contributed by atoms with Gasteiger partial charge in [-0.25, -0.2) is 17.9 Å². The summed E-state index contributed by atoms with van der Waals surface area (Å²) in [6.07, 6.45) is 4.88. The molecule has 1 atom stereocenters. The predicted octanol–water partition coefficient (Wildman–Crippen LogP) is 3.02. The fourth-order valence-electron chi connectivity index (χ4n) is 3.93. The van der Waals surface area contributed by atoms with Crippen LogP contribution >= 0.6 is 0 Å². The van der Waals surface area contributed by atoms with Gasteiger partial charge in [0.1, 0.15) is 5.82 Å². The molecule has 0 spiro atoms. The van der Waals surface area contributed by atoms with Crippen molar-refractivity contribution in [2.24, 2.45) is 0 Å². The van der Waals surface area contributed by atoms with E-state index in [0.717, 1.165) is 40.5 Å². The lowest BCUT2D eigenvalue weighted by Gasteiger charge is -2.34. The number of hydrogen-bond acceptors (Lipinski definition) is 6. The number of fused-ring (bicyclic) bond motifs is 1. The van der Waals surface area contributed by atoms with Crippen LogP contribution in [-0.4, -0.2) is 60.1 Å². The zero-order valence-electron chi connectivity index (χ0n) is 17.3. The molecule has 0 saturated carbocycles. The van der Waals surface area contributed by atoms with Crippen LogP contribution in [0.3, 0.4) is 0 Å². The Morgan fingerprint density at radius 3 is 2.68 bits per heavy atom. The highest BCUT2D eigenvalue weighted by molar-refractivity contribution is 7.90. The van der Waals surface area contributed by atoms with Crippen molar-refractivity contribution in [3.63, 3.8) is 0 Å². The van der Waals surface area contributed by atoms with Crippen LogP contribution in [-0.2, 0) is 14.6 Å². The summed E-state index contributed by atoms with van der Waals surface area (Å²) in [6, 6.07) is 13.0. The largest absolute Gasteiger partial charge is 0.377 e. The summed E-state index contributed by atoms with van der Waals surface area (Å²) in [6.45, 7) is 4.17. The topological polar surface area (TPSA) is 92.6 Å². The number of morpholine rings is 1. The fraction of sp³-hybridized carbons (Fsp3) is 0.273. The van der Waals surface area contributed by atoms with Gasteiger partial charge in [-0.05, 0) is 31.2 Å². The van der Waals surface area contributed by atoms with Crippen LogP contribution in [0.4, 0.5) is 5.82 Å². The van der Waals surface area contributed by atoms with Crippen LogP contribution in [0.1, 0.15) is 6.92 Å². The van der Waals surface area contributed by atoms with Gasteiger partial charge in [-0.3, -0.25) is 0 Å². The Hall–Kier alpha value is -3.17. The summed E-state index contributed by atoms with van der Waals surface area (Å²) >= 11 is 0. The van der Waals surface area contributed by atoms with E-state index >= 15 is 0 Å². The minimum atomic E-state index is -3.26. The predicted molar refractivity (Wildman–Crippen MR) is 119 cm³/mol. The number of benzene rings is 1. The van der Waals surface area contributed by atoms with E-state index in [0.29, 0.717) is 13.2 Å². The molecule has 1 N–H and O–H groups in total. The summed E-state index contributed by atoms with van der Waals surface area (Å²) in [7, 11) is -3.26. The average Bonchev–Trinajstić information content (AvgIpc) is 3.42. The van der Waals surface area contributed by atoms with E-state index in [1.165, 1.54) is 6.26 Å². The van der Waals surface area contributed by atoms with E-state index in [9.17, 15) is 8.42 Å². The smallest absolute Gasteiger partial charge is 0.175 e.